The molecule has 5 nitrogen and oxygen atoms in total. The number of benzene rings is 1. The van der Waals surface area contributed by atoms with Crippen LogP contribution in [0.4, 0.5) is 4.39 Å². The minimum Gasteiger partial charge on any atom is -0.490 e. The summed E-state index contributed by atoms with van der Waals surface area (Å²) in [4.78, 5) is 13.0. The van der Waals surface area contributed by atoms with Gasteiger partial charge in [-0.25, -0.2) is 0 Å². The fourth-order valence-electron chi connectivity index (χ4n) is 4.47. The lowest BCUT2D eigenvalue weighted by atomic mass is 9.74. The minimum atomic E-state index is -0.769. The molecule has 162 valence electrons. The second-order valence-corrected chi connectivity index (χ2v) is 8.54. The van der Waals surface area contributed by atoms with Crippen LogP contribution >= 0.6 is 0 Å². The van der Waals surface area contributed by atoms with Gasteiger partial charge in [-0.15, -0.1) is 0 Å². The lowest BCUT2D eigenvalue weighted by Crippen LogP contribution is -2.44. The highest BCUT2D eigenvalue weighted by Gasteiger charge is 2.44. The lowest BCUT2D eigenvalue weighted by molar-refractivity contribution is -0.137. The maximum absolute atomic E-state index is 15.1. The predicted molar refractivity (Wildman–Crippen MR) is 110 cm³/mol. The minimum absolute atomic E-state index is 0.159. The van der Waals surface area contributed by atoms with Gasteiger partial charge in [-0.3, -0.25) is 4.79 Å². The van der Waals surface area contributed by atoms with E-state index < -0.39 is 5.97 Å². The third-order valence-electron chi connectivity index (χ3n) is 6.60. The Morgan fingerprint density at radius 3 is 2.76 bits per heavy atom. The number of fused-ring (bicyclic) bond motifs is 2. The van der Waals surface area contributed by atoms with E-state index in [-0.39, 0.29) is 23.4 Å². The van der Waals surface area contributed by atoms with Gasteiger partial charge in [-0.2, -0.15) is 4.39 Å². The Balaban J connectivity index is 1.63. The molecule has 2 heterocycles. The molecule has 2 aliphatic heterocycles. The second kappa shape index (κ2) is 9.79. The van der Waals surface area contributed by atoms with E-state index in [2.05, 4.69) is 18.7 Å². The molecule has 6 heteroatoms. The van der Waals surface area contributed by atoms with Crippen molar-refractivity contribution >= 4 is 5.97 Å². The Bertz CT molecular complexity index is 700. The predicted octanol–water partition coefficient (Wildman–Crippen LogP) is 4.62. The van der Waals surface area contributed by atoms with Gasteiger partial charge in [0.15, 0.2) is 11.5 Å². The molecule has 1 saturated heterocycles. The SMILES string of the molecule is CCCCC(CC)COc1ccc2c(c1F)OCC21CCN(CCC(=O)O)CC1. The van der Waals surface area contributed by atoms with Crippen LogP contribution in [0.15, 0.2) is 12.1 Å². The zero-order chi connectivity index (χ0) is 20.9. The highest BCUT2D eigenvalue weighted by molar-refractivity contribution is 5.66. The summed E-state index contributed by atoms with van der Waals surface area (Å²) >= 11 is 0. The average Bonchev–Trinajstić information content (AvgIpc) is 3.08. The second-order valence-electron chi connectivity index (χ2n) is 8.54. The van der Waals surface area contributed by atoms with Gasteiger partial charge < -0.3 is 19.5 Å². The highest BCUT2D eigenvalue weighted by Crippen LogP contribution is 2.48. The van der Waals surface area contributed by atoms with Crippen molar-refractivity contribution in [3.05, 3.63) is 23.5 Å². The number of ether oxygens (including phenoxy) is 2. The van der Waals surface area contributed by atoms with Gasteiger partial charge in [-0.05, 0) is 44.3 Å². The van der Waals surface area contributed by atoms with E-state index >= 15 is 4.39 Å². The van der Waals surface area contributed by atoms with E-state index in [1.54, 1.807) is 6.07 Å². The van der Waals surface area contributed by atoms with Gasteiger partial charge in [0.2, 0.25) is 5.82 Å². The molecule has 29 heavy (non-hydrogen) atoms. The number of piperidine rings is 1. The summed E-state index contributed by atoms with van der Waals surface area (Å²) in [6, 6.07) is 3.73. The van der Waals surface area contributed by atoms with Gasteiger partial charge in [0.05, 0.1) is 19.6 Å². The summed E-state index contributed by atoms with van der Waals surface area (Å²) in [5.74, 6) is -0.0600. The van der Waals surface area contributed by atoms with Crippen molar-refractivity contribution in [2.75, 3.05) is 32.8 Å². The molecule has 0 saturated carbocycles. The van der Waals surface area contributed by atoms with E-state index in [0.29, 0.717) is 31.4 Å². The van der Waals surface area contributed by atoms with Crippen molar-refractivity contribution in [2.45, 2.75) is 64.2 Å². The Morgan fingerprint density at radius 1 is 1.34 bits per heavy atom. The number of unbranched alkanes of at least 4 members (excludes halogenated alkanes) is 1. The zero-order valence-electron chi connectivity index (χ0n) is 17.7. The molecule has 3 rings (SSSR count). The van der Waals surface area contributed by atoms with Crippen LogP contribution in [-0.4, -0.2) is 48.8 Å². The van der Waals surface area contributed by atoms with Crippen LogP contribution in [-0.2, 0) is 10.2 Å². The first-order valence-corrected chi connectivity index (χ1v) is 11.0. The van der Waals surface area contributed by atoms with E-state index in [9.17, 15) is 4.79 Å². The first-order chi connectivity index (χ1) is 14.0. The molecule has 1 unspecified atom stereocenters. The number of nitrogens with zero attached hydrogens (tertiary/aromatic N) is 1. The largest absolute Gasteiger partial charge is 0.490 e. The Labute approximate surface area is 173 Å². The van der Waals surface area contributed by atoms with Crippen LogP contribution in [0.2, 0.25) is 0 Å². The van der Waals surface area contributed by atoms with Crippen LogP contribution in [0.5, 0.6) is 11.5 Å². The maximum atomic E-state index is 15.1. The monoisotopic (exact) mass is 407 g/mol. The Morgan fingerprint density at radius 2 is 2.10 bits per heavy atom. The van der Waals surface area contributed by atoms with Crippen molar-refractivity contribution in [1.82, 2.24) is 4.90 Å². The average molecular weight is 408 g/mol. The van der Waals surface area contributed by atoms with Crippen LogP contribution in [0.25, 0.3) is 0 Å². The summed E-state index contributed by atoms with van der Waals surface area (Å²) < 4.78 is 26.7. The molecule has 1 N–H and O–H groups in total. The van der Waals surface area contributed by atoms with Gasteiger partial charge in [0.1, 0.15) is 0 Å². The van der Waals surface area contributed by atoms with Crippen LogP contribution < -0.4 is 9.47 Å². The summed E-state index contributed by atoms with van der Waals surface area (Å²) in [6.45, 7) is 7.55. The number of hydrogen-bond donors (Lipinski definition) is 1. The molecule has 1 aromatic rings. The molecule has 1 fully saturated rings. The number of carboxylic acid groups (broad SMARTS) is 1. The molecule has 0 aliphatic carbocycles. The third kappa shape index (κ3) is 5.03. The highest BCUT2D eigenvalue weighted by atomic mass is 19.1. The molecular formula is C23H34FNO4. The number of aliphatic carboxylic acids is 1. The van der Waals surface area contributed by atoms with Crippen LogP contribution in [0, 0.1) is 11.7 Å². The summed E-state index contributed by atoms with van der Waals surface area (Å²) in [6.07, 6.45) is 6.34. The van der Waals surface area contributed by atoms with Crippen molar-refractivity contribution < 1.29 is 23.8 Å². The fourth-order valence-corrected chi connectivity index (χ4v) is 4.47. The van der Waals surface area contributed by atoms with E-state index in [1.807, 2.05) is 6.07 Å². The molecule has 0 amide bonds. The normalized spacial score (nSPS) is 19.0. The topological polar surface area (TPSA) is 59.0 Å². The van der Waals surface area contributed by atoms with Gasteiger partial charge in [0.25, 0.3) is 0 Å². The van der Waals surface area contributed by atoms with Crippen LogP contribution in [0.1, 0.15) is 64.4 Å². The zero-order valence-corrected chi connectivity index (χ0v) is 17.7. The summed E-state index contributed by atoms with van der Waals surface area (Å²) in [7, 11) is 0. The maximum Gasteiger partial charge on any atom is 0.304 e. The molecule has 1 aromatic carbocycles. The Kier molecular flexibility index (Phi) is 7.38. The first kappa shape index (κ1) is 21.9. The fraction of sp³-hybridized carbons (Fsp3) is 0.696. The molecule has 2 aliphatic rings. The van der Waals surface area contributed by atoms with Gasteiger partial charge >= 0.3 is 5.97 Å². The van der Waals surface area contributed by atoms with Crippen LogP contribution in [0.3, 0.4) is 0 Å². The van der Waals surface area contributed by atoms with Crippen molar-refractivity contribution in [3.8, 4) is 11.5 Å². The number of hydrogen-bond acceptors (Lipinski definition) is 4. The molecule has 1 spiro atoms. The molecule has 0 aromatic heterocycles. The van der Waals surface area contributed by atoms with Crippen molar-refractivity contribution in [1.29, 1.82) is 0 Å². The van der Waals surface area contributed by atoms with Crippen molar-refractivity contribution in [2.24, 2.45) is 5.92 Å². The number of carbonyl (C=O) groups is 1. The first-order valence-electron chi connectivity index (χ1n) is 11.0. The number of carboxylic acids is 1. The number of likely N-dealkylation sites (tertiary alicyclic amines) is 1. The number of rotatable bonds is 10. The van der Waals surface area contributed by atoms with E-state index in [4.69, 9.17) is 14.6 Å². The van der Waals surface area contributed by atoms with Gasteiger partial charge in [-0.1, -0.05) is 39.2 Å². The third-order valence-corrected chi connectivity index (χ3v) is 6.60. The van der Waals surface area contributed by atoms with Crippen molar-refractivity contribution in [3.63, 3.8) is 0 Å². The summed E-state index contributed by atoms with van der Waals surface area (Å²) in [5.41, 5.74) is 0.778. The smallest absolute Gasteiger partial charge is 0.304 e. The Hall–Kier alpha value is -1.82. The van der Waals surface area contributed by atoms with Gasteiger partial charge in [0, 0.05) is 17.5 Å². The van der Waals surface area contributed by atoms with E-state index in [1.165, 1.54) is 6.42 Å². The quantitative estimate of drug-likeness (QED) is 0.613. The molecule has 1 atom stereocenters. The van der Waals surface area contributed by atoms with E-state index in [0.717, 1.165) is 50.8 Å². The molecular weight excluding hydrogens is 373 g/mol. The summed E-state index contributed by atoms with van der Waals surface area (Å²) in [5, 5.41) is 8.87. The molecule has 0 radical (unpaired) electrons. The lowest BCUT2D eigenvalue weighted by Gasteiger charge is -2.38. The standard InChI is InChI=1S/C23H34FNO4/c1-3-5-6-17(4-2)15-28-19-8-7-18-22(21(19)24)29-16-23(18)10-13-25(14-11-23)12-9-20(26)27/h7-8,17H,3-6,9-16H2,1-2H3,(H,26,27). The number of halogens is 1. The molecule has 0 bridgehead atoms.